The van der Waals surface area contributed by atoms with Crippen molar-refractivity contribution in [3.8, 4) is 0 Å². The van der Waals surface area contributed by atoms with Crippen molar-refractivity contribution in [1.82, 2.24) is 15.1 Å². The summed E-state index contributed by atoms with van der Waals surface area (Å²) in [5.74, 6) is -1.74. The molecule has 1 amide bonds. The molecule has 0 aliphatic carbocycles. The number of aromatic nitrogens is 2. The Hall–Kier alpha value is -2.84. The predicted molar refractivity (Wildman–Crippen MR) is 77.6 cm³/mol. The number of hydrogen-bond acceptors (Lipinski definition) is 3. The monoisotopic (exact) mass is 341 g/mol. The van der Waals surface area contributed by atoms with E-state index in [1.807, 2.05) is 0 Å². The molecule has 0 radical (unpaired) electrons. The van der Waals surface area contributed by atoms with E-state index in [0.717, 1.165) is 4.68 Å². The fraction of sp³-hybridized carbons (Fsp3) is 0.267. The Balaban J connectivity index is 2.11. The van der Waals surface area contributed by atoms with E-state index in [1.54, 1.807) is 0 Å². The molecule has 1 heterocycles. The zero-order chi connectivity index (χ0) is 17.9. The van der Waals surface area contributed by atoms with Crippen LogP contribution in [0.2, 0.25) is 0 Å². The summed E-state index contributed by atoms with van der Waals surface area (Å²) in [6, 6.07) is 5.61. The van der Waals surface area contributed by atoms with Crippen molar-refractivity contribution in [2.24, 2.45) is 0 Å². The number of hydrogen-bond donors (Lipinski definition) is 2. The summed E-state index contributed by atoms with van der Waals surface area (Å²) in [5, 5.41) is 15.1. The third kappa shape index (κ3) is 4.12. The molecule has 0 aliphatic heterocycles. The van der Waals surface area contributed by atoms with Gasteiger partial charge in [0, 0.05) is 11.8 Å². The third-order valence-electron chi connectivity index (χ3n) is 3.37. The number of nitrogens with zero attached hydrogens (tertiary/aromatic N) is 2. The SMILES string of the molecule is Cc1c(C(=O)O)cccc1C(=O)NCc1ccnn1CC(F)(F)F. The second-order valence-corrected chi connectivity index (χ2v) is 5.06. The van der Waals surface area contributed by atoms with E-state index in [2.05, 4.69) is 10.4 Å². The number of carboxylic acids is 1. The Morgan fingerprint density at radius 1 is 1.25 bits per heavy atom. The molecule has 9 heteroatoms. The Bertz CT molecular complexity index is 769. The standard InChI is InChI=1S/C15H14F3N3O3/c1-9-11(3-2-4-12(9)14(23)24)13(22)19-7-10-5-6-20-21(10)8-15(16,17)18/h2-6H,7-8H2,1H3,(H,19,22)(H,23,24). The summed E-state index contributed by atoms with van der Waals surface area (Å²) < 4.78 is 38.0. The topological polar surface area (TPSA) is 84.2 Å². The molecule has 0 saturated heterocycles. The van der Waals surface area contributed by atoms with Crippen LogP contribution in [0, 0.1) is 6.92 Å². The van der Waals surface area contributed by atoms with Crippen LogP contribution in [0.5, 0.6) is 0 Å². The molecule has 2 aromatic rings. The van der Waals surface area contributed by atoms with Gasteiger partial charge in [-0.1, -0.05) is 6.07 Å². The van der Waals surface area contributed by atoms with Gasteiger partial charge in [0.1, 0.15) is 6.54 Å². The van der Waals surface area contributed by atoms with E-state index in [-0.39, 0.29) is 28.9 Å². The van der Waals surface area contributed by atoms with Crippen molar-refractivity contribution < 1.29 is 27.9 Å². The van der Waals surface area contributed by atoms with Crippen molar-refractivity contribution >= 4 is 11.9 Å². The van der Waals surface area contributed by atoms with Gasteiger partial charge < -0.3 is 10.4 Å². The number of amides is 1. The maximum atomic E-state index is 12.4. The minimum absolute atomic E-state index is 0.00948. The van der Waals surface area contributed by atoms with Crippen LogP contribution in [0.3, 0.4) is 0 Å². The number of nitrogens with one attached hydrogen (secondary N) is 1. The number of halogens is 3. The molecular formula is C15H14F3N3O3. The van der Waals surface area contributed by atoms with Crippen LogP contribution in [0.1, 0.15) is 32.0 Å². The Morgan fingerprint density at radius 2 is 1.92 bits per heavy atom. The first kappa shape index (κ1) is 17.5. The molecule has 0 aliphatic rings. The van der Waals surface area contributed by atoms with Gasteiger partial charge in [0.05, 0.1) is 17.8 Å². The van der Waals surface area contributed by atoms with Gasteiger partial charge in [-0.25, -0.2) is 4.79 Å². The maximum Gasteiger partial charge on any atom is 0.408 e. The van der Waals surface area contributed by atoms with Gasteiger partial charge in [0.25, 0.3) is 5.91 Å². The van der Waals surface area contributed by atoms with Crippen LogP contribution in [-0.2, 0) is 13.1 Å². The molecule has 1 aromatic heterocycles. The van der Waals surface area contributed by atoms with Crippen LogP contribution in [-0.4, -0.2) is 32.9 Å². The van der Waals surface area contributed by atoms with E-state index in [9.17, 15) is 22.8 Å². The van der Waals surface area contributed by atoms with Gasteiger partial charge in [0.15, 0.2) is 0 Å². The average Bonchev–Trinajstić information content (AvgIpc) is 2.89. The number of rotatable bonds is 5. The summed E-state index contributed by atoms with van der Waals surface area (Å²) in [5.41, 5.74) is 0.612. The Kier molecular flexibility index (Phi) is 4.91. The minimum atomic E-state index is -4.42. The predicted octanol–water partition coefficient (Wildman–Crippen LogP) is 2.38. The molecule has 0 fully saturated rings. The first-order valence-electron chi connectivity index (χ1n) is 6.87. The van der Waals surface area contributed by atoms with E-state index >= 15 is 0 Å². The summed E-state index contributed by atoms with van der Waals surface area (Å²) >= 11 is 0. The van der Waals surface area contributed by atoms with Crippen LogP contribution < -0.4 is 5.32 Å². The highest BCUT2D eigenvalue weighted by Gasteiger charge is 2.29. The molecule has 0 atom stereocenters. The molecule has 2 N–H and O–H groups in total. The van der Waals surface area contributed by atoms with Crippen LogP contribution in [0.4, 0.5) is 13.2 Å². The Labute approximate surface area is 134 Å². The lowest BCUT2D eigenvalue weighted by atomic mass is 10.0. The van der Waals surface area contributed by atoms with Gasteiger partial charge >= 0.3 is 12.1 Å². The third-order valence-corrected chi connectivity index (χ3v) is 3.37. The smallest absolute Gasteiger partial charge is 0.408 e. The lowest BCUT2D eigenvalue weighted by Crippen LogP contribution is -2.27. The highest BCUT2D eigenvalue weighted by Crippen LogP contribution is 2.18. The first-order chi connectivity index (χ1) is 11.2. The number of alkyl halides is 3. The highest BCUT2D eigenvalue weighted by molar-refractivity contribution is 5.99. The van der Waals surface area contributed by atoms with Gasteiger partial charge in [0.2, 0.25) is 0 Å². The summed E-state index contributed by atoms with van der Waals surface area (Å²) in [6.45, 7) is 0.0800. The van der Waals surface area contributed by atoms with Crippen molar-refractivity contribution in [1.29, 1.82) is 0 Å². The number of carbonyl (C=O) groups is 2. The number of carboxylic acid groups (broad SMARTS) is 1. The molecule has 0 unspecified atom stereocenters. The molecular weight excluding hydrogens is 327 g/mol. The maximum absolute atomic E-state index is 12.4. The van der Waals surface area contributed by atoms with Crippen LogP contribution in [0.15, 0.2) is 30.5 Å². The summed E-state index contributed by atoms with van der Waals surface area (Å²) in [7, 11) is 0. The number of benzene rings is 1. The largest absolute Gasteiger partial charge is 0.478 e. The minimum Gasteiger partial charge on any atom is -0.478 e. The van der Waals surface area contributed by atoms with Crippen molar-refractivity contribution in [3.05, 3.63) is 52.8 Å². The molecule has 2 rings (SSSR count). The van der Waals surface area contributed by atoms with E-state index in [4.69, 9.17) is 5.11 Å². The van der Waals surface area contributed by atoms with E-state index in [0.29, 0.717) is 0 Å². The zero-order valence-electron chi connectivity index (χ0n) is 12.6. The van der Waals surface area contributed by atoms with Gasteiger partial charge in [-0.05, 0) is 30.7 Å². The summed E-state index contributed by atoms with van der Waals surface area (Å²) in [4.78, 5) is 23.2. The molecule has 128 valence electrons. The van der Waals surface area contributed by atoms with Crippen molar-refractivity contribution in [2.75, 3.05) is 0 Å². The number of carbonyl (C=O) groups excluding carboxylic acids is 1. The van der Waals surface area contributed by atoms with Gasteiger partial charge in [-0.15, -0.1) is 0 Å². The summed E-state index contributed by atoms with van der Waals surface area (Å²) in [6.07, 6.45) is -3.21. The van der Waals surface area contributed by atoms with Gasteiger partial charge in [-0.3, -0.25) is 9.48 Å². The van der Waals surface area contributed by atoms with Crippen LogP contribution in [0.25, 0.3) is 0 Å². The lowest BCUT2D eigenvalue weighted by Gasteiger charge is -2.12. The number of aromatic carboxylic acids is 1. The second-order valence-electron chi connectivity index (χ2n) is 5.06. The average molecular weight is 341 g/mol. The molecule has 6 nitrogen and oxygen atoms in total. The highest BCUT2D eigenvalue weighted by atomic mass is 19.4. The molecule has 24 heavy (non-hydrogen) atoms. The first-order valence-corrected chi connectivity index (χ1v) is 6.87. The van der Waals surface area contributed by atoms with E-state index in [1.165, 1.54) is 37.4 Å². The normalized spacial score (nSPS) is 11.3. The van der Waals surface area contributed by atoms with Crippen molar-refractivity contribution in [3.63, 3.8) is 0 Å². The molecule has 0 saturated carbocycles. The fourth-order valence-corrected chi connectivity index (χ4v) is 2.20. The lowest BCUT2D eigenvalue weighted by molar-refractivity contribution is -0.143. The zero-order valence-corrected chi connectivity index (χ0v) is 12.6. The van der Waals surface area contributed by atoms with Gasteiger partial charge in [-0.2, -0.15) is 18.3 Å². The molecule has 1 aromatic carbocycles. The molecule has 0 bridgehead atoms. The van der Waals surface area contributed by atoms with E-state index < -0.39 is 24.6 Å². The second kappa shape index (κ2) is 6.73. The fourth-order valence-electron chi connectivity index (χ4n) is 2.20. The van der Waals surface area contributed by atoms with Crippen LogP contribution >= 0.6 is 0 Å². The molecule has 0 spiro atoms. The Morgan fingerprint density at radius 3 is 2.54 bits per heavy atom. The quantitative estimate of drug-likeness (QED) is 0.874. The van der Waals surface area contributed by atoms with Crippen molar-refractivity contribution in [2.45, 2.75) is 26.2 Å².